The first-order chi connectivity index (χ1) is 7.66. The minimum absolute atomic E-state index is 0.0343. The summed E-state index contributed by atoms with van der Waals surface area (Å²) in [6.07, 6.45) is -0.270. The first kappa shape index (κ1) is 11.4. The van der Waals surface area contributed by atoms with E-state index in [1.54, 1.807) is 0 Å². The normalized spacial score (nSPS) is 20.9. The Labute approximate surface area is 95.8 Å². The first-order valence-electron chi connectivity index (χ1n) is 4.86. The number of hydrogen-bond donors (Lipinski definition) is 1. The van der Waals surface area contributed by atoms with Gasteiger partial charge in [0.1, 0.15) is 5.15 Å². The van der Waals surface area contributed by atoms with Gasteiger partial charge in [0.25, 0.3) is 5.56 Å². The molecule has 0 bridgehead atoms. The molecule has 1 N–H and O–H groups in total. The molecule has 0 amide bonds. The SMILES string of the molecule is O=c1cc(Cl)[nH]c(=O)n1CC1COCCO1. The number of hydrogen-bond acceptors (Lipinski definition) is 4. The molecule has 1 aliphatic rings. The van der Waals surface area contributed by atoms with Crippen LogP contribution in [0.2, 0.25) is 5.15 Å². The average molecular weight is 247 g/mol. The maximum atomic E-state index is 11.5. The quantitative estimate of drug-likeness (QED) is 0.721. The van der Waals surface area contributed by atoms with Crippen LogP contribution in [0, 0.1) is 0 Å². The molecule has 2 rings (SSSR count). The molecule has 7 heteroatoms. The van der Waals surface area contributed by atoms with Gasteiger partial charge in [-0.15, -0.1) is 0 Å². The summed E-state index contributed by atoms with van der Waals surface area (Å²) in [6, 6.07) is 1.16. The highest BCUT2D eigenvalue weighted by atomic mass is 35.5. The van der Waals surface area contributed by atoms with Crippen LogP contribution in [0.4, 0.5) is 0 Å². The lowest BCUT2D eigenvalue weighted by atomic mass is 10.3. The maximum absolute atomic E-state index is 11.5. The molecular formula is C9H11ClN2O4. The monoisotopic (exact) mass is 246 g/mol. The minimum atomic E-state index is -0.535. The Balaban J connectivity index is 2.20. The van der Waals surface area contributed by atoms with Crippen molar-refractivity contribution in [1.29, 1.82) is 0 Å². The van der Waals surface area contributed by atoms with Gasteiger partial charge in [0, 0.05) is 6.07 Å². The third kappa shape index (κ3) is 2.52. The highest BCUT2D eigenvalue weighted by Gasteiger charge is 2.16. The van der Waals surface area contributed by atoms with Crippen LogP contribution in [0.5, 0.6) is 0 Å². The molecule has 16 heavy (non-hydrogen) atoms. The molecule has 0 spiro atoms. The number of halogens is 1. The number of ether oxygens (including phenoxy) is 2. The molecule has 1 aromatic rings. The number of rotatable bonds is 2. The van der Waals surface area contributed by atoms with E-state index in [1.165, 1.54) is 0 Å². The zero-order valence-corrected chi connectivity index (χ0v) is 9.20. The summed E-state index contributed by atoms with van der Waals surface area (Å²) in [4.78, 5) is 25.3. The van der Waals surface area contributed by atoms with Crippen molar-refractivity contribution in [3.63, 3.8) is 0 Å². The molecule has 1 aromatic heterocycles. The Kier molecular flexibility index (Phi) is 3.42. The topological polar surface area (TPSA) is 73.3 Å². The number of H-pyrrole nitrogens is 1. The van der Waals surface area contributed by atoms with Crippen molar-refractivity contribution >= 4 is 11.6 Å². The van der Waals surface area contributed by atoms with E-state index in [4.69, 9.17) is 21.1 Å². The standard InChI is InChI=1S/C9H11ClN2O4/c10-7-3-8(13)12(9(14)11-7)4-6-5-15-1-2-16-6/h3,6H,1-2,4-5H2,(H,11,14). The summed E-state index contributed by atoms with van der Waals surface area (Å²) in [5.41, 5.74) is -0.977. The molecule has 88 valence electrons. The maximum Gasteiger partial charge on any atom is 0.329 e. The molecular weight excluding hydrogens is 236 g/mol. The average Bonchev–Trinajstić information content (AvgIpc) is 2.25. The number of nitrogens with zero attached hydrogens (tertiary/aromatic N) is 1. The van der Waals surface area contributed by atoms with Gasteiger partial charge in [0.2, 0.25) is 0 Å². The second-order valence-electron chi connectivity index (χ2n) is 3.44. The Morgan fingerprint density at radius 3 is 2.94 bits per heavy atom. The summed E-state index contributed by atoms with van der Waals surface area (Å²) in [5.74, 6) is 0. The molecule has 0 aromatic carbocycles. The van der Waals surface area contributed by atoms with Crippen molar-refractivity contribution in [2.24, 2.45) is 0 Å². The van der Waals surface area contributed by atoms with Crippen molar-refractivity contribution in [3.05, 3.63) is 32.1 Å². The van der Waals surface area contributed by atoms with Crippen LogP contribution >= 0.6 is 11.6 Å². The fraction of sp³-hybridized carbons (Fsp3) is 0.556. The molecule has 6 nitrogen and oxygen atoms in total. The smallest absolute Gasteiger partial charge is 0.329 e. The molecule has 1 saturated heterocycles. The van der Waals surface area contributed by atoms with Crippen molar-refractivity contribution in [2.45, 2.75) is 12.6 Å². The fourth-order valence-corrected chi connectivity index (χ4v) is 1.68. The van der Waals surface area contributed by atoms with Gasteiger partial charge in [-0.2, -0.15) is 0 Å². The molecule has 1 aliphatic heterocycles. The van der Waals surface area contributed by atoms with E-state index < -0.39 is 11.2 Å². The number of aromatic nitrogens is 2. The van der Waals surface area contributed by atoms with E-state index in [2.05, 4.69) is 4.98 Å². The second-order valence-corrected chi connectivity index (χ2v) is 3.85. The largest absolute Gasteiger partial charge is 0.376 e. The van der Waals surface area contributed by atoms with E-state index in [9.17, 15) is 9.59 Å². The summed E-state index contributed by atoms with van der Waals surface area (Å²) in [6.45, 7) is 1.58. The van der Waals surface area contributed by atoms with Crippen LogP contribution in [-0.4, -0.2) is 35.5 Å². The van der Waals surface area contributed by atoms with Gasteiger partial charge in [-0.05, 0) is 0 Å². The molecule has 2 heterocycles. The van der Waals surface area contributed by atoms with Gasteiger partial charge >= 0.3 is 5.69 Å². The second kappa shape index (κ2) is 4.82. The molecule has 0 aliphatic carbocycles. The molecule has 1 fully saturated rings. The van der Waals surface area contributed by atoms with Gasteiger partial charge in [-0.25, -0.2) is 4.79 Å². The number of aromatic amines is 1. The van der Waals surface area contributed by atoms with Crippen LogP contribution < -0.4 is 11.2 Å². The Bertz CT molecular complexity index is 444. The lowest BCUT2D eigenvalue weighted by Gasteiger charge is -2.22. The van der Waals surface area contributed by atoms with Crippen LogP contribution in [0.25, 0.3) is 0 Å². The molecule has 0 saturated carbocycles. The lowest BCUT2D eigenvalue weighted by molar-refractivity contribution is -0.0942. The first-order valence-corrected chi connectivity index (χ1v) is 5.23. The third-order valence-corrected chi connectivity index (χ3v) is 2.46. The van der Waals surface area contributed by atoms with E-state index in [1.807, 2.05) is 0 Å². The summed E-state index contributed by atoms with van der Waals surface area (Å²) < 4.78 is 11.6. The predicted octanol–water partition coefficient (Wildman–Crippen LogP) is -0.395. The minimum Gasteiger partial charge on any atom is -0.376 e. The zero-order valence-electron chi connectivity index (χ0n) is 8.44. The third-order valence-electron chi connectivity index (χ3n) is 2.26. The van der Waals surface area contributed by atoms with Crippen LogP contribution in [0.1, 0.15) is 0 Å². The molecule has 0 radical (unpaired) electrons. The van der Waals surface area contributed by atoms with E-state index in [0.29, 0.717) is 19.8 Å². The van der Waals surface area contributed by atoms with Crippen molar-refractivity contribution in [2.75, 3.05) is 19.8 Å². The predicted molar refractivity (Wildman–Crippen MR) is 56.9 cm³/mol. The molecule has 1 unspecified atom stereocenters. The lowest BCUT2D eigenvalue weighted by Crippen LogP contribution is -2.41. The summed E-state index contributed by atoms with van der Waals surface area (Å²) in [7, 11) is 0. The van der Waals surface area contributed by atoms with Gasteiger partial charge in [0.05, 0.1) is 32.5 Å². The Hall–Kier alpha value is -1.11. The van der Waals surface area contributed by atoms with Crippen molar-refractivity contribution in [3.8, 4) is 0 Å². The van der Waals surface area contributed by atoms with Crippen LogP contribution in [-0.2, 0) is 16.0 Å². The van der Waals surface area contributed by atoms with Crippen LogP contribution in [0.15, 0.2) is 15.7 Å². The highest BCUT2D eigenvalue weighted by Crippen LogP contribution is 2.02. The summed E-state index contributed by atoms with van der Waals surface area (Å²) >= 11 is 5.54. The van der Waals surface area contributed by atoms with E-state index >= 15 is 0 Å². The number of nitrogens with one attached hydrogen (secondary N) is 1. The van der Waals surface area contributed by atoms with Gasteiger partial charge in [-0.3, -0.25) is 14.3 Å². The fourth-order valence-electron chi connectivity index (χ4n) is 1.51. The Morgan fingerprint density at radius 1 is 1.50 bits per heavy atom. The van der Waals surface area contributed by atoms with Crippen molar-refractivity contribution < 1.29 is 9.47 Å². The van der Waals surface area contributed by atoms with E-state index in [-0.39, 0.29) is 17.8 Å². The van der Waals surface area contributed by atoms with Gasteiger partial charge in [-0.1, -0.05) is 11.6 Å². The summed E-state index contributed by atoms with van der Waals surface area (Å²) in [5, 5.41) is 0.0343. The van der Waals surface area contributed by atoms with Crippen molar-refractivity contribution in [1.82, 2.24) is 9.55 Å². The highest BCUT2D eigenvalue weighted by molar-refractivity contribution is 6.29. The zero-order chi connectivity index (χ0) is 11.5. The van der Waals surface area contributed by atoms with E-state index in [0.717, 1.165) is 10.6 Å². The van der Waals surface area contributed by atoms with Crippen LogP contribution in [0.3, 0.4) is 0 Å². The molecule has 1 atom stereocenters. The van der Waals surface area contributed by atoms with Gasteiger partial charge in [0.15, 0.2) is 0 Å². The van der Waals surface area contributed by atoms with Gasteiger partial charge < -0.3 is 9.47 Å². The Morgan fingerprint density at radius 2 is 2.31 bits per heavy atom.